The van der Waals surface area contributed by atoms with Crippen LogP contribution in [0.5, 0.6) is 0 Å². The molecule has 5 nitrogen and oxygen atoms in total. The highest BCUT2D eigenvalue weighted by molar-refractivity contribution is 6.09. The molecule has 2 amide bonds. The Hall–Kier alpha value is -1.88. The van der Waals surface area contributed by atoms with Gasteiger partial charge in [0.05, 0.1) is 0 Å². The smallest absolute Gasteiger partial charge is 0.239 e. The Morgan fingerprint density at radius 3 is 2.54 bits per heavy atom. The Bertz CT molecular complexity index is 568. The van der Waals surface area contributed by atoms with E-state index < -0.39 is 5.92 Å². The highest BCUT2D eigenvalue weighted by Crippen LogP contribution is 2.27. The van der Waals surface area contributed by atoms with E-state index in [0.717, 1.165) is 12.1 Å². The van der Waals surface area contributed by atoms with Crippen LogP contribution in [0.15, 0.2) is 24.3 Å². The van der Waals surface area contributed by atoms with Gasteiger partial charge in [-0.15, -0.1) is 0 Å². The van der Waals surface area contributed by atoms with Gasteiger partial charge in [-0.2, -0.15) is 0 Å². The van der Waals surface area contributed by atoms with Crippen LogP contribution in [0, 0.1) is 5.92 Å². The predicted molar refractivity (Wildman–Crippen MR) is 94.9 cm³/mol. The molecule has 24 heavy (non-hydrogen) atoms. The number of aliphatic hydroxyl groups is 1. The lowest BCUT2D eigenvalue weighted by Gasteiger charge is -2.20. The van der Waals surface area contributed by atoms with Crippen LogP contribution in [0.25, 0.3) is 0 Å². The number of hydrogen-bond acceptors (Lipinski definition) is 3. The number of aliphatic hydroxyl groups excluding tert-OH is 1. The second-order valence-electron chi connectivity index (χ2n) is 6.70. The number of benzene rings is 1. The lowest BCUT2D eigenvalue weighted by Crippen LogP contribution is -2.42. The molecule has 2 atom stereocenters. The zero-order valence-electron chi connectivity index (χ0n) is 14.8. The van der Waals surface area contributed by atoms with Crippen molar-refractivity contribution < 1.29 is 14.7 Å². The molecule has 0 spiro atoms. The van der Waals surface area contributed by atoms with Crippen LogP contribution in [0.3, 0.4) is 0 Å². The lowest BCUT2D eigenvalue weighted by molar-refractivity contribution is -0.132. The summed E-state index contributed by atoms with van der Waals surface area (Å²) < 4.78 is 0. The quantitative estimate of drug-likeness (QED) is 0.754. The van der Waals surface area contributed by atoms with Crippen LogP contribution in [-0.2, 0) is 9.59 Å². The van der Waals surface area contributed by atoms with E-state index in [-0.39, 0.29) is 24.5 Å². The molecule has 0 aromatic heterocycles. The zero-order chi connectivity index (χ0) is 17.7. The Kier molecular flexibility index (Phi) is 6.37. The third kappa shape index (κ3) is 4.15. The van der Waals surface area contributed by atoms with Crippen LogP contribution >= 0.6 is 0 Å². The van der Waals surface area contributed by atoms with Crippen molar-refractivity contribution in [3.05, 3.63) is 29.8 Å². The number of nitrogens with zero attached hydrogens (tertiary/aromatic N) is 1. The molecule has 2 unspecified atom stereocenters. The van der Waals surface area contributed by atoms with Gasteiger partial charge in [-0.3, -0.25) is 9.59 Å². The normalized spacial score (nSPS) is 19.0. The summed E-state index contributed by atoms with van der Waals surface area (Å²) in [7, 11) is 0. The summed E-state index contributed by atoms with van der Waals surface area (Å²) in [4.78, 5) is 26.7. The molecule has 0 radical (unpaired) electrons. The molecule has 1 heterocycles. The van der Waals surface area contributed by atoms with Crippen molar-refractivity contribution in [2.45, 2.75) is 52.0 Å². The molecule has 1 fully saturated rings. The lowest BCUT2D eigenvalue weighted by atomic mass is 10.0. The van der Waals surface area contributed by atoms with E-state index in [4.69, 9.17) is 5.11 Å². The fraction of sp³-hybridized carbons (Fsp3) is 0.579. The van der Waals surface area contributed by atoms with Gasteiger partial charge in [-0.25, -0.2) is 0 Å². The molecule has 5 heteroatoms. The highest BCUT2D eigenvalue weighted by atomic mass is 16.3. The fourth-order valence-electron chi connectivity index (χ4n) is 3.05. The van der Waals surface area contributed by atoms with Crippen LogP contribution in [-0.4, -0.2) is 36.1 Å². The number of rotatable bonds is 7. The van der Waals surface area contributed by atoms with E-state index in [1.54, 1.807) is 4.90 Å². The van der Waals surface area contributed by atoms with Crippen molar-refractivity contribution >= 4 is 17.5 Å². The molecule has 132 valence electrons. The predicted octanol–water partition coefficient (Wildman–Crippen LogP) is 2.44. The molecule has 0 bridgehead atoms. The topological polar surface area (TPSA) is 69.6 Å². The average Bonchev–Trinajstić information content (AvgIpc) is 2.96. The first-order valence-electron chi connectivity index (χ1n) is 8.80. The number of anilines is 1. The van der Waals surface area contributed by atoms with Gasteiger partial charge in [0, 0.05) is 24.9 Å². The first-order chi connectivity index (χ1) is 11.5. The molecule has 1 aromatic carbocycles. The maximum Gasteiger partial charge on any atom is 0.239 e. The minimum Gasteiger partial charge on any atom is -0.396 e. The SMILES string of the molecule is CCC(CCO)NC(=O)C1CCN(c2ccc(C(C)C)cc2)C1=O. The third-order valence-corrected chi connectivity index (χ3v) is 4.71. The van der Waals surface area contributed by atoms with Gasteiger partial charge in [-0.05, 0) is 42.9 Å². The standard InChI is InChI=1S/C19H28N2O3/c1-4-15(10-12-22)20-18(23)17-9-11-21(19(17)24)16-7-5-14(6-8-16)13(2)3/h5-8,13,15,17,22H,4,9-12H2,1-3H3,(H,20,23). The third-order valence-electron chi connectivity index (χ3n) is 4.71. The van der Waals surface area contributed by atoms with Crippen LogP contribution in [0.4, 0.5) is 5.69 Å². The van der Waals surface area contributed by atoms with Gasteiger partial charge in [0.25, 0.3) is 0 Å². The number of nitrogens with one attached hydrogen (secondary N) is 1. The Labute approximate surface area is 144 Å². The number of hydrogen-bond donors (Lipinski definition) is 2. The Balaban J connectivity index is 2.02. The highest BCUT2D eigenvalue weighted by Gasteiger charge is 2.38. The van der Waals surface area contributed by atoms with Gasteiger partial charge in [-0.1, -0.05) is 32.9 Å². The molecule has 1 saturated heterocycles. The number of amides is 2. The second-order valence-corrected chi connectivity index (χ2v) is 6.70. The van der Waals surface area contributed by atoms with Crippen molar-refractivity contribution in [2.24, 2.45) is 5.92 Å². The summed E-state index contributed by atoms with van der Waals surface area (Å²) in [5.41, 5.74) is 2.08. The average molecular weight is 332 g/mol. The van der Waals surface area contributed by atoms with Gasteiger partial charge in [0.2, 0.25) is 11.8 Å². The van der Waals surface area contributed by atoms with E-state index in [9.17, 15) is 9.59 Å². The monoisotopic (exact) mass is 332 g/mol. The molecule has 1 aliphatic heterocycles. The van der Waals surface area contributed by atoms with Crippen molar-refractivity contribution in [1.29, 1.82) is 0 Å². The second kappa shape index (κ2) is 8.29. The van der Waals surface area contributed by atoms with Crippen molar-refractivity contribution in [3.8, 4) is 0 Å². The minimum atomic E-state index is -0.623. The summed E-state index contributed by atoms with van der Waals surface area (Å²) >= 11 is 0. The van der Waals surface area contributed by atoms with Gasteiger partial charge >= 0.3 is 0 Å². The van der Waals surface area contributed by atoms with E-state index in [1.165, 1.54) is 5.56 Å². The molecular formula is C19H28N2O3. The summed E-state index contributed by atoms with van der Waals surface area (Å²) in [6.07, 6.45) is 1.79. The van der Waals surface area contributed by atoms with E-state index in [1.807, 2.05) is 31.2 Å². The van der Waals surface area contributed by atoms with Gasteiger partial charge in [0.1, 0.15) is 5.92 Å². The Morgan fingerprint density at radius 1 is 1.33 bits per heavy atom. The first-order valence-corrected chi connectivity index (χ1v) is 8.80. The van der Waals surface area contributed by atoms with Gasteiger partial charge < -0.3 is 15.3 Å². The van der Waals surface area contributed by atoms with Crippen LogP contribution in [0.1, 0.15) is 51.5 Å². The summed E-state index contributed by atoms with van der Waals surface area (Å²) in [6, 6.07) is 7.90. The number of carbonyl (C=O) groups excluding carboxylic acids is 2. The first kappa shape index (κ1) is 18.5. The van der Waals surface area contributed by atoms with Gasteiger partial charge in [0.15, 0.2) is 0 Å². The van der Waals surface area contributed by atoms with Crippen molar-refractivity contribution in [2.75, 3.05) is 18.1 Å². The van der Waals surface area contributed by atoms with Crippen LogP contribution in [0.2, 0.25) is 0 Å². The molecule has 0 saturated carbocycles. The van der Waals surface area contributed by atoms with Crippen molar-refractivity contribution in [1.82, 2.24) is 5.32 Å². The molecule has 1 aliphatic rings. The summed E-state index contributed by atoms with van der Waals surface area (Å²) in [5, 5.41) is 11.9. The summed E-state index contributed by atoms with van der Waals surface area (Å²) in [5.74, 6) is -0.530. The zero-order valence-corrected chi connectivity index (χ0v) is 14.8. The molecule has 1 aromatic rings. The maximum atomic E-state index is 12.6. The summed E-state index contributed by atoms with van der Waals surface area (Å²) in [6.45, 7) is 6.82. The fourth-order valence-corrected chi connectivity index (χ4v) is 3.05. The van der Waals surface area contributed by atoms with E-state index in [0.29, 0.717) is 25.3 Å². The number of carbonyl (C=O) groups is 2. The molecule has 2 N–H and O–H groups in total. The maximum absolute atomic E-state index is 12.6. The van der Waals surface area contributed by atoms with Crippen LogP contribution < -0.4 is 10.2 Å². The molecular weight excluding hydrogens is 304 g/mol. The van der Waals surface area contributed by atoms with Crippen molar-refractivity contribution in [3.63, 3.8) is 0 Å². The molecule has 2 rings (SSSR count). The molecule has 0 aliphatic carbocycles. The van der Waals surface area contributed by atoms with E-state index >= 15 is 0 Å². The van der Waals surface area contributed by atoms with E-state index in [2.05, 4.69) is 19.2 Å². The Morgan fingerprint density at radius 2 is 2.00 bits per heavy atom. The largest absolute Gasteiger partial charge is 0.396 e. The minimum absolute atomic E-state index is 0.0335.